The number of halogens is 1. The van der Waals surface area contributed by atoms with E-state index < -0.39 is 0 Å². The van der Waals surface area contributed by atoms with E-state index in [2.05, 4.69) is 5.32 Å². The molecule has 0 aliphatic carbocycles. The van der Waals surface area contributed by atoms with E-state index in [0.717, 1.165) is 38.6 Å². The summed E-state index contributed by atoms with van der Waals surface area (Å²) < 4.78 is 23.0. The molecule has 0 saturated carbocycles. The molecule has 0 radical (unpaired) electrons. The number of hydrogen-bond donors (Lipinski definition) is 1. The van der Waals surface area contributed by atoms with Crippen LogP contribution in [0.1, 0.15) is 41.7 Å². The van der Waals surface area contributed by atoms with Crippen LogP contribution in [-0.4, -0.2) is 42.8 Å². The van der Waals surface area contributed by atoms with Crippen molar-refractivity contribution < 1.29 is 23.7 Å². The lowest BCUT2D eigenvalue weighted by Gasteiger charge is -2.16. The summed E-state index contributed by atoms with van der Waals surface area (Å²) >= 11 is 11.8. The van der Waals surface area contributed by atoms with Gasteiger partial charge in [0.25, 0.3) is 5.91 Å². The van der Waals surface area contributed by atoms with Crippen LogP contribution in [0.5, 0.6) is 23.0 Å². The standard InChI is InChI=1S/C32H35ClN2O5S/c1-6-38-28-11-8-22(18-29(28)39-7-2)12-13-35-31(36)26(34-32(35)41)17-23-9-10-27(37-5)24(16-23)19-40-25-14-20(3)30(33)21(4)15-25/h8-11,14-18H,6-7,12-13,19H2,1-5H3,(H,34,41)/b26-17+. The maximum atomic E-state index is 13.3. The topological polar surface area (TPSA) is 69.3 Å². The minimum absolute atomic E-state index is 0.174. The van der Waals surface area contributed by atoms with Crippen molar-refractivity contribution in [1.29, 1.82) is 0 Å². The molecule has 1 N–H and O–H groups in total. The average Bonchev–Trinajstić information content (AvgIpc) is 3.22. The Hall–Kier alpha value is -3.75. The van der Waals surface area contributed by atoms with E-state index in [4.69, 9.17) is 42.8 Å². The monoisotopic (exact) mass is 594 g/mol. The molecule has 9 heteroatoms. The van der Waals surface area contributed by atoms with Crippen LogP contribution in [0.2, 0.25) is 5.02 Å². The Bertz CT molecular complexity index is 1450. The Morgan fingerprint density at radius 3 is 2.29 bits per heavy atom. The summed E-state index contributed by atoms with van der Waals surface area (Å²) in [5.74, 6) is 2.65. The fourth-order valence-corrected chi connectivity index (χ4v) is 4.98. The molecule has 1 amide bonds. The Kier molecular flexibility index (Phi) is 10.1. The van der Waals surface area contributed by atoms with Crippen LogP contribution in [0.15, 0.2) is 54.2 Å². The van der Waals surface area contributed by atoms with Crippen molar-refractivity contribution in [3.05, 3.63) is 87.1 Å². The van der Waals surface area contributed by atoms with E-state index in [-0.39, 0.29) is 5.91 Å². The van der Waals surface area contributed by atoms with Crippen molar-refractivity contribution >= 4 is 40.9 Å². The van der Waals surface area contributed by atoms with Crippen LogP contribution in [0.25, 0.3) is 6.08 Å². The van der Waals surface area contributed by atoms with Gasteiger partial charge in [-0.3, -0.25) is 9.69 Å². The van der Waals surface area contributed by atoms with E-state index in [1.807, 2.05) is 76.2 Å². The first-order valence-electron chi connectivity index (χ1n) is 13.5. The number of methoxy groups -OCH3 is 1. The third-order valence-electron chi connectivity index (χ3n) is 6.61. The Morgan fingerprint density at radius 2 is 1.61 bits per heavy atom. The molecular formula is C32H35ClN2O5S. The van der Waals surface area contributed by atoms with Crippen molar-refractivity contribution in [1.82, 2.24) is 10.2 Å². The molecule has 0 spiro atoms. The molecule has 3 aromatic rings. The van der Waals surface area contributed by atoms with Gasteiger partial charge in [0.15, 0.2) is 16.6 Å². The molecule has 7 nitrogen and oxygen atoms in total. The van der Waals surface area contributed by atoms with Gasteiger partial charge in [-0.15, -0.1) is 0 Å². The van der Waals surface area contributed by atoms with Crippen molar-refractivity contribution in [3.8, 4) is 23.0 Å². The van der Waals surface area contributed by atoms with Crippen LogP contribution in [0.4, 0.5) is 0 Å². The number of nitrogens with one attached hydrogen (secondary N) is 1. The third-order valence-corrected chi connectivity index (χ3v) is 7.53. The van der Waals surface area contributed by atoms with Crippen molar-refractivity contribution in [2.75, 3.05) is 26.9 Å². The molecular weight excluding hydrogens is 560 g/mol. The van der Waals surface area contributed by atoms with Crippen molar-refractivity contribution in [2.45, 2.75) is 40.7 Å². The lowest BCUT2D eigenvalue weighted by Crippen LogP contribution is -2.32. The summed E-state index contributed by atoms with van der Waals surface area (Å²) in [6, 6.07) is 15.4. The van der Waals surface area contributed by atoms with Gasteiger partial charge < -0.3 is 24.3 Å². The van der Waals surface area contributed by atoms with E-state index in [1.165, 1.54) is 0 Å². The number of carbonyl (C=O) groups excluding carboxylic acids is 1. The van der Waals surface area contributed by atoms with Crippen LogP contribution >= 0.6 is 23.8 Å². The highest BCUT2D eigenvalue weighted by atomic mass is 35.5. The van der Waals surface area contributed by atoms with Gasteiger partial charge in [0, 0.05) is 17.1 Å². The van der Waals surface area contributed by atoms with Gasteiger partial charge in [-0.25, -0.2) is 0 Å². The second kappa shape index (κ2) is 13.7. The third kappa shape index (κ3) is 7.31. The Labute approximate surface area is 252 Å². The molecule has 0 unspecified atom stereocenters. The molecule has 216 valence electrons. The molecule has 4 rings (SSSR count). The second-order valence-electron chi connectivity index (χ2n) is 9.57. The summed E-state index contributed by atoms with van der Waals surface area (Å²) in [5, 5.41) is 4.18. The Morgan fingerprint density at radius 1 is 0.927 bits per heavy atom. The van der Waals surface area contributed by atoms with Gasteiger partial charge in [0.05, 0.1) is 20.3 Å². The lowest BCUT2D eigenvalue weighted by molar-refractivity contribution is -0.122. The summed E-state index contributed by atoms with van der Waals surface area (Å²) in [5.41, 5.74) is 5.01. The van der Waals surface area contributed by atoms with Crippen LogP contribution in [0, 0.1) is 13.8 Å². The number of nitrogens with zero attached hydrogens (tertiary/aromatic N) is 1. The number of benzene rings is 3. The molecule has 1 heterocycles. The first-order valence-corrected chi connectivity index (χ1v) is 14.3. The number of aryl methyl sites for hydroxylation is 2. The normalized spacial score (nSPS) is 13.9. The predicted molar refractivity (Wildman–Crippen MR) is 166 cm³/mol. The largest absolute Gasteiger partial charge is 0.496 e. The number of ether oxygens (including phenoxy) is 4. The predicted octanol–water partition coefficient (Wildman–Crippen LogP) is 6.64. The highest BCUT2D eigenvalue weighted by Crippen LogP contribution is 2.30. The zero-order chi connectivity index (χ0) is 29.5. The second-order valence-corrected chi connectivity index (χ2v) is 10.3. The number of thiocarbonyl (C=S) groups is 1. The first-order chi connectivity index (χ1) is 19.7. The molecule has 0 bridgehead atoms. The zero-order valence-electron chi connectivity index (χ0n) is 24.0. The van der Waals surface area contributed by atoms with Crippen molar-refractivity contribution in [2.24, 2.45) is 0 Å². The van der Waals surface area contributed by atoms with Gasteiger partial charge in [0.1, 0.15) is 23.8 Å². The highest BCUT2D eigenvalue weighted by Gasteiger charge is 2.30. The van der Waals surface area contributed by atoms with E-state index in [1.54, 1.807) is 18.1 Å². The molecule has 3 aromatic carbocycles. The molecule has 41 heavy (non-hydrogen) atoms. The summed E-state index contributed by atoms with van der Waals surface area (Å²) in [7, 11) is 1.62. The smallest absolute Gasteiger partial charge is 0.276 e. The lowest BCUT2D eigenvalue weighted by atomic mass is 10.1. The molecule has 1 saturated heterocycles. The van der Waals surface area contributed by atoms with E-state index in [0.29, 0.717) is 60.8 Å². The minimum atomic E-state index is -0.174. The number of carbonyl (C=O) groups is 1. The SMILES string of the molecule is CCOc1ccc(CCN2C(=O)/C(=C\c3ccc(OC)c(COc4cc(C)c(Cl)c(C)c4)c3)NC2=S)cc1OCC. The van der Waals surface area contributed by atoms with Crippen LogP contribution in [-0.2, 0) is 17.8 Å². The summed E-state index contributed by atoms with van der Waals surface area (Å²) in [6.45, 7) is 9.59. The first kappa shape index (κ1) is 30.2. The van der Waals surface area contributed by atoms with Gasteiger partial charge in [-0.2, -0.15) is 0 Å². The zero-order valence-corrected chi connectivity index (χ0v) is 25.6. The molecule has 0 atom stereocenters. The van der Waals surface area contributed by atoms with Gasteiger partial charge in [-0.05, 0) is 111 Å². The number of rotatable bonds is 12. The number of amides is 1. The Balaban J connectivity index is 1.46. The highest BCUT2D eigenvalue weighted by molar-refractivity contribution is 7.80. The van der Waals surface area contributed by atoms with Crippen LogP contribution in [0.3, 0.4) is 0 Å². The molecule has 1 aliphatic rings. The van der Waals surface area contributed by atoms with E-state index in [9.17, 15) is 4.79 Å². The number of hydrogen-bond acceptors (Lipinski definition) is 6. The van der Waals surface area contributed by atoms with Crippen molar-refractivity contribution in [3.63, 3.8) is 0 Å². The average molecular weight is 595 g/mol. The summed E-state index contributed by atoms with van der Waals surface area (Å²) in [4.78, 5) is 14.8. The fourth-order valence-electron chi connectivity index (χ4n) is 4.58. The fraction of sp³-hybridized carbons (Fsp3) is 0.312. The van der Waals surface area contributed by atoms with Gasteiger partial charge >= 0.3 is 0 Å². The van der Waals surface area contributed by atoms with Crippen LogP contribution < -0.4 is 24.3 Å². The molecule has 1 aliphatic heterocycles. The molecule has 1 fully saturated rings. The van der Waals surface area contributed by atoms with Gasteiger partial charge in [-0.1, -0.05) is 23.7 Å². The van der Waals surface area contributed by atoms with E-state index >= 15 is 0 Å². The summed E-state index contributed by atoms with van der Waals surface area (Å²) in [6.07, 6.45) is 2.40. The maximum Gasteiger partial charge on any atom is 0.276 e. The minimum Gasteiger partial charge on any atom is -0.496 e. The maximum absolute atomic E-state index is 13.3. The quantitative estimate of drug-likeness (QED) is 0.186. The van der Waals surface area contributed by atoms with Gasteiger partial charge in [0.2, 0.25) is 0 Å². The molecule has 0 aromatic heterocycles.